The summed E-state index contributed by atoms with van der Waals surface area (Å²) in [6.07, 6.45) is 2.14. The largest absolute Gasteiger partial charge is 0.356 e. The van der Waals surface area contributed by atoms with Crippen molar-refractivity contribution >= 4 is 5.91 Å². The Morgan fingerprint density at radius 2 is 2.50 bits per heavy atom. The van der Waals surface area contributed by atoms with Crippen molar-refractivity contribution < 1.29 is 4.79 Å². The molecule has 1 aliphatic rings. The van der Waals surface area contributed by atoms with Gasteiger partial charge in [0.25, 0.3) is 0 Å². The van der Waals surface area contributed by atoms with Gasteiger partial charge in [-0.2, -0.15) is 0 Å². The Morgan fingerprint density at radius 3 is 2.90 bits per heavy atom. The van der Waals surface area contributed by atoms with E-state index in [1.54, 1.807) is 0 Å². The van der Waals surface area contributed by atoms with Crippen molar-refractivity contribution in [1.82, 2.24) is 5.32 Å². The van der Waals surface area contributed by atoms with Crippen molar-refractivity contribution in [2.45, 2.75) is 26.7 Å². The maximum absolute atomic E-state index is 11.1. The number of nitrogens with one attached hydrogen (secondary N) is 1. The second-order valence-corrected chi connectivity index (χ2v) is 3.07. The average molecular weight is 141 g/mol. The van der Waals surface area contributed by atoms with Crippen molar-refractivity contribution in [3.8, 4) is 0 Å². The standard InChI is InChI=1S/C8H15NO/c1-3-6(2)7-4-5-9-8(7)10/h6-7H,3-5H2,1-2H3,(H,9,10)/t6?,7-/m0/s1. The van der Waals surface area contributed by atoms with E-state index in [2.05, 4.69) is 19.2 Å². The van der Waals surface area contributed by atoms with E-state index < -0.39 is 0 Å². The van der Waals surface area contributed by atoms with Gasteiger partial charge in [0.05, 0.1) is 0 Å². The van der Waals surface area contributed by atoms with Crippen molar-refractivity contribution in [3.63, 3.8) is 0 Å². The Labute approximate surface area is 62.0 Å². The summed E-state index contributed by atoms with van der Waals surface area (Å²) in [6.45, 7) is 5.17. The predicted molar refractivity (Wildman–Crippen MR) is 40.6 cm³/mol. The van der Waals surface area contributed by atoms with Crippen molar-refractivity contribution in [2.24, 2.45) is 11.8 Å². The molecule has 1 amide bonds. The lowest BCUT2D eigenvalue weighted by Crippen LogP contribution is -2.23. The lowest BCUT2D eigenvalue weighted by atomic mass is 9.91. The molecule has 0 aliphatic carbocycles. The van der Waals surface area contributed by atoms with Crippen LogP contribution in [0.25, 0.3) is 0 Å². The van der Waals surface area contributed by atoms with Gasteiger partial charge in [0.15, 0.2) is 0 Å². The summed E-state index contributed by atoms with van der Waals surface area (Å²) in [4.78, 5) is 11.1. The van der Waals surface area contributed by atoms with Crippen LogP contribution in [0.1, 0.15) is 26.7 Å². The Morgan fingerprint density at radius 1 is 1.80 bits per heavy atom. The van der Waals surface area contributed by atoms with Gasteiger partial charge >= 0.3 is 0 Å². The first kappa shape index (κ1) is 7.58. The number of carbonyl (C=O) groups is 1. The number of carbonyl (C=O) groups excluding carboxylic acids is 1. The normalized spacial score (nSPS) is 28.2. The third-order valence-electron chi connectivity index (χ3n) is 2.42. The molecule has 1 aliphatic heterocycles. The Bertz CT molecular complexity index is 133. The minimum absolute atomic E-state index is 0.259. The van der Waals surface area contributed by atoms with Gasteiger partial charge in [0, 0.05) is 12.5 Å². The number of amides is 1. The maximum atomic E-state index is 11.1. The van der Waals surface area contributed by atoms with Crippen molar-refractivity contribution in [1.29, 1.82) is 0 Å². The Hall–Kier alpha value is -0.530. The SMILES string of the molecule is CCC(C)[C@@H]1CCNC1=O. The minimum atomic E-state index is 0.259. The molecule has 1 N–H and O–H groups in total. The highest BCUT2D eigenvalue weighted by molar-refractivity contribution is 5.80. The molecule has 0 aromatic heterocycles. The number of hydrogen-bond acceptors (Lipinski definition) is 1. The van der Waals surface area contributed by atoms with Gasteiger partial charge in [0.1, 0.15) is 0 Å². The van der Waals surface area contributed by atoms with Crippen LogP contribution in [0.2, 0.25) is 0 Å². The molecule has 0 aromatic carbocycles. The van der Waals surface area contributed by atoms with Crippen molar-refractivity contribution in [3.05, 3.63) is 0 Å². The number of rotatable bonds is 2. The van der Waals surface area contributed by atoms with Crippen LogP contribution in [0.4, 0.5) is 0 Å². The minimum Gasteiger partial charge on any atom is -0.356 e. The molecule has 0 spiro atoms. The molecule has 1 rings (SSSR count). The van der Waals surface area contributed by atoms with E-state index in [4.69, 9.17) is 0 Å². The van der Waals surface area contributed by atoms with Crippen LogP contribution in [-0.2, 0) is 4.79 Å². The van der Waals surface area contributed by atoms with E-state index >= 15 is 0 Å². The molecule has 2 heteroatoms. The molecular weight excluding hydrogens is 126 g/mol. The highest BCUT2D eigenvalue weighted by atomic mass is 16.2. The van der Waals surface area contributed by atoms with Crippen LogP contribution in [0, 0.1) is 11.8 Å². The van der Waals surface area contributed by atoms with Crippen LogP contribution in [0.3, 0.4) is 0 Å². The fraction of sp³-hybridized carbons (Fsp3) is 0.875. The van der Waals surface area contributed by atoms with Gasteiger partial charge in [0.2, 0.25) is 5.91 Å². The zero-order chi connectivity index (χ0) is 7.56. The van der Waals surface area contributed by atoms with E-state index in [9.17, 15) is 4.79 Å². The lowest BCUT2D eigenvalue weighted by molar-refractivity contribution is -0.123. The first-order valence-electron chi connectivity index (χ1n) is 4.03. The van der Waals surface area contributed by atoms with Crippen LogP contribution in [0.15, 0.2) is 0 Å². The van der Waals surface area contributed by atoms with E-state index in [1.165, 1.54) is 0 Å². The highest BCUT2D eigenvalue weighted by Crippen LogP contribution is 2.21. The van der Waals surface area contributed by atoms with Gasteiger partial charge in [-0.1, -0.05) is 20.3 Å². The first-order valence-corrected chi connectivity index (χ1v) is 4.03. The monoisotopic (exact) mass is 141 g/mol. The molecular formula is C8H15NO. The molecule has 0 aromatic rings. The Balaban J connectivity index is 2.46. The fourth-order valence-corrected chi connectivity index (χ4v) is 1.44. The topological polar surface area (TPSA) is 29.1 Å². The predicted octanol–water partition coefficient (Wildman–Crippen LogP) is 1.17. The quantitative estimate of drug-likeness (QED) is 0.614. The van der Waals surface area contributed by atoms with Crippen molar-refractivity contribution in [2.75, 3.05) is 6.54 Å². The maximum Gasteiger partial charge on any atom is 0.223 e. The zero-order valence-corrected chi connectivity index (χ0v) is 6.68. The van der Waals surface area contributed by atoms with Gasteiger partial charge in [-0.3, -0.25) is 4.79 Å². The molecule has 1 unspecified atom stereocenters. The molecule has 1 fully saturated rings. The van der Waals surface area contributed by atoms with Crippen LogP contribution >= 0.6 is 0 Å². The molecule has 0 bridgehead atoms. The number of hydrogen-bond donors (Lipinski definition) is 1. The van der Waals surface area contributed by atoms with Crippen LogP contribution < -0.4 is 5.32 Å². The molecule has 2 nitrogen and oxygen atoms in total. The molecule has 58 valence electrons. The summed E-state index contributed by atoms with van der Waals surface area (Å²) in [5.41, 5.74) is 0. The summed E-state index contributed by atoms with van der Waals surface area (Å²) in [6, 6.07) is 0. The van der Waals surface area contributed by atoms with E-state index in [0.29, 0.717) is 11.8 Å². The smallest absolute Gasteiger partial charge is 0.223 e. The van der Waals surface area contributed by atoms with Gasteiger partial charge < -0.3 is 5.32 Å². The summed E-state index contributed by atoms with van der Waals surface area (Å²) in [7, 11) is 0. The molecule has 0 saturated carbocycles. The zero-order valence-electron chi connectivity index (χ0n) is 6.68. The molecule has 0 radical (unpaired) electrons. The average Bonchev–Trinajstić information content (AvgIpc) is 2.34. The summed E-state index contributed by atoms with van der Waals surface area (Å²) < 4.78 is 0. The third kappa shape index (κ3) is 1.31. The molecule has 10 heavy (non-hydrogen) atoms. The highest BCUT2D eigenvalue weighted by Gasteiger charge is 2.27. The van der Waals surface area contributed by atoms with Crippen LogP contribution in [0.5, 0.6) is 0 Å². The van der Waals surface area contributed by atoms with E-state index in [-0.39, 0.29) is 5.91 Å². The molecule has 1 saturated heterocycles. The third-order valence-corrected chi connectivity index (χ3v) is 2.42. The van der Waals surface area contributed by atoms with Gasteiger partial charge in [-0.25, -0.2) is 0 Å². The van der Waals surface area contributed by atoms with E-state index in [1.807, 2.05) is 0 Å². The summed E-state index contributed by atoms with van der Waals surface area (Å²) in [5.74, 6) is 1.11. The molecule has 2 atom stereocenters. The summed E-state index contributed by atoms with van der Waals surface area (Å²) in [5, 5.41) is 2.85. The van der Waals surface area contributed by atoms with Crippen LogP contribution in [-0.4, -0.2) is 12.5 Å². The molecule has 1 heterocycles. The fourth-order valence-electron chi connectivity index (χ4n) is 1.44. The van der Waals surface area contributed by atoms with Gasteiger partial charge in [-0.15, -0.1) is 0 Å². The Kier molecular flexibility index (Phi) is 2.30. The first-order chi connectivity index (χ1) is 4.75. The second kappa shape index (κ2) is 3.04. The summed E-state index contributed by atoms with van der Waals surface area (Å²) >= 11 is 0. The van der Waals surface area contributed by atoms with E-state index in [0.717, 1.165) is 19.4 Å². The second-order valence-electron chi connectivity index (χ2n) is 3.07. The lowest BCUT2D eigenvalue weighted by Gasteiger charge is -2.13. The van der Waals surface area contributed by atoms with Gasteiger partial charge in [-0.05, 0) is 12.3 Å².